The molecule has 0 spiro atoms. The van der Waals surface area contributed by atoms with Gasteiger partial charge in [0.1, 0.15) is 29.3 Å². The van der Waals surface area contributed by atoms with Crippen molar-refractivity contribution in [3.05, 3.63) is 66.7 Å². The third-order valence-electron chi connectivity index (χ3n) is 10.9. The number of hydrazine groups is 1. The van der Waals surface area contributed by atoms with E-state index >= 15 is 0 Å². The molecule has 2 fully saturated rings. The number of aliphatic imine (C=N–C) groups is 1. The summed E-state index contributed by atoms with van der Waals surface area (Å²) in [6.45, 7) is 9.41. The summed E-state index contributed by atoms with van der Waals surface area (Å²) in [5, 5.41) is 2.20. The molecular formula is C46H63N3O7S. The van der Waals surface area contributed by atoms with Crippen molar-refractivity contribution in [2.75, 3.05) is 51.4 Å². The number of methoxy groups -OCH3 is 1. The normalized spacial score (nSPS) is 19.4. The number of thioether (sulfide) groups is 1. The standard InChI is InChI=1S/C46H63N3O7S/c1-4-27-49(34-57-45-12-8-7-11-42(45)47-2)48-43-30-41(25-26-44(43)55-33-36-15-13-35(31-50)14-16-36)54-32-37-17-19-38(20-18-37)46(51)56-40-23-21-39(22-24-40)53-29-10-6-5-9-28-52-3/h7-8,11-12,21-26,30-31,35-38,48H,2,4-6,9-10,13-20,27-29,32-34H2,1,3H3. The number of carbonyl (C=O) groups excluding carboxylic acids is 2. The second-order valence-electron chi connectivity index (χ2n) is 15.3. The van der Waals surface area contributed by atoms with Crippen LogP contribution in [0.2, 0.25) is 0 Å². The molecule has 0 aliphatic heterocycles. The maximum absolute atomic E-state index is 13.1. The Balaban J connectivity index is 1.11. The van der Waals surface area contributed by atoms with Gasteiger partial charge in [-0.05, 0) is 144 Å². The third kappa shape index (κ3) is 15.0. The number of nitrogens with zero attached hydrogens (tertiary/aromatic N) is 2. The van der Waals surface area contributed by atoms with E-state index in [1.54, 1.807) is 18.9 Å². The fourth-order valence-corrected chi connectivity index (χ4v) is 8.38. The molecule has 0 atom stereocenters. The number of esters is 1. The number of carbonyl (C=O) groups is 2. The van der Waals surface area contributed by atoms with Crippen LogP contribution in [-0.4, -0.2) is 69.9 Å². The maximum atomic E-state index is 13.1. The van der Waals surface area contributed by atoms with Crippen LogP contribution in [0.25, 0.3) is 0 Å². The van der Waals surface area contributed by atoms with Gasteiger partial charge in [-0.2, -0.15) is 0 Å². The van der Waals surface area contributed by atoms with Gasteiger partial charge in [0.2, 0.25) is 0 Å². The topological polar surface area (TPSA) is 108 Å². The van der Waals surface area contributed by atoms with Gasteiger partial charge in [-0.15, -0.1) is 11.8 Å². The van der Waals surface area contributed by atoms with Crippen LogP contribution in [0.4, 0.5) is 11.4 Å². The monoisotopic (exact) mass is 801 g/mol. The van der Waals surface area contributed by atoms with Gasteiger partial charge in [0, 0.05) is 37.1 Å². The molecule has 310 valence electrons. The zero-order valence-electron chi connectivity index (χ0n) is 34.0. The van der Waals surface area contributed by atoms with E-state index in [1.807, 2.05) is 60.7 Å². The maximum Gasteiger partial charge on any atom is 0.314 e. The molecule has 2 aliphatic carbocycles. The number of rotatable bonds is 25. The van der Waals surface area contributed by atoms with Gasteiger partial charge in [-0.1, -0.05) is 25.5 Å². The Bertz CT molecular complexity index is 1640. The highest BCUT2D eigenvalue weighted by Gasteiger charge is 2.28. The van der Waals surface area contributed by atoms with Crippen molar-refractivity contribution in [1.82, 2.24) is 5.01 Å². The van der Waals surface area contributed by atoms with Crippen LogP contribution in [0.1, 0.15) is 90.4 Å². The Kier molecular flexibility index (Phi) is 19.1. The second-order valence-corrected chi connectivity index (χ2v) is 16.3. The average Bonchev–Trinajstić information content (AvgIpc) is 3.25. The molecule has 0 bridgehead atoms. The van der Waals surface area contributed by atoms with Gasteiger partial charge in [-0.3, -0.25) is 9.79 Å². The minimum atomic E-state index is -0.166. The summed E-state index contributed by atoms with van der Waals surface area (Å²) in [5.41, 5.74) is 5.39. The van der Waals surface area contributed by atoms with Gasteiger partial charge < -0.3 is 33.9 Å². The summed E-state index contributed by atoms with van der Waals surface area (Å²) in [7, 11) is 1.73. The highest BCUT2D eigenvalue weighted by atomic mass is 32.2. The zero-order chi connectivity index (χ0) is 40.1. The molecule has 5 rings (SSSR count). The van der Waals surface area contributed by atoms with Crippen LogP contribution in [-0.2, 0) is 14.3 Å². The average molecular weight is 802 g/mol. The largest absolute Gasteiger partial charge is 0.494 e. The van der Waals surface area contributed by atoms with Crippen molar-refractivity contribution in [1.29, 1.82) is 0 Å². The molecule has 11 heteroatoms. The minimum Gasteiger partial charge on any atom is -0.494 e. The Morgan fingerprint density at radius 3 is 2.19 bits per heavy atom. The van der Waals surface area contributed by atoms with Gasteiger partial charge >= 0.3 is 5.97 Å². The van der Waals surface area contributed by atoms with Gasteiger partial charge in [-0.25, -0.2) is 5.01 Å². The highest BCUT2D eigenvalue weighted by Crippen LogP contribution is 2.36. The summed E-state index contributed by atoms with van der Waals surface area (Å²) in [5.74, 6) is 4.27. The molecule has 2 aliphatic rings. The predicted octanol–water partition coefficient (Wildman–Crippen LogP) is 10.6. The van der Waals surface area contributed by atoms with Crippen LogP contribution in [0, 0.1) is 23.7 Å². The van der Waals surface area contributed by atoms with Gasteiger partial charge in [0.25, 0.3) is 0 Å². The Hall–Kier alpha value is -4.06. The molecule has 0 unspecified atom stereocenters. The lowest BCUT2D eigenvalue weighted by atomic mass is 9.82. The number of unbranched alkanes of at least 4 members (excludes halogenated alkanes) is 3. The van der Waals surface area contributed by atoms with E-state index in [-0.39, 0.29) is 17.8 Å². The van der Waals surface area contributed by atoms with Crippen molar-refractivity contribution in [3.8, 4) is 23.0 Å². The summed E-state index contributed by atoms with van der Waals surface area (Å²) >= 11 is 1.71. The first-order chi connectivity index (χ1) is 28.0. The fourth-order valence-electron chi connectivity index (χ4n) is 7.44. The molecule has 1 N–H and O–H groups in total. The van der Waals surface area contributed by atoms with Crippen LogP contribution in [0.5, 0.6) is 23.0 Å². The molecule has 3 aromatic carbocycles. The van der Waals surface area contributed by atoms with Crippen LogP contribution >= 0.6 is 11.8 Å². The summed E-state index contributed by atoms with van der Waals surface area (Å²) in [6.07, 6.45) is 13.6. The van der Waals surface area contributed by atoms with Crippen LogP contribution < -0.4 is 24.4 Å². The fraction of sp³-hybridized carbons (Fsp3) is 0.543. The lowest BCUT2D eigenvalue weighted by Crippen LogP contribution is -2.31. The second kappa shape index (κ2) is 24.7. The van der Waals surface area contributed by atoms with E-state index in [2.05, 4.69) is 35.1 Å². The van der Waals surface area contributed by atoms with Crippen molar-refractivity contribution < 1.29 is 33.3 Å². The van der Waals surface area contributed by atoms with E-state index in [1.165, 1.54) is 0 Å². The number of para-hydroxylation sites is 1. The summed E-state index contributed by atoms with van der Waals surface area (Å²) < 4.78 is 29.6. The molecule has 0 heterocycles. The molecule has 0 radical (unpaired) electrons. The number of nitrogens with one attached hydrogen (secondary N) is 1. The van der Waals surface area contributed by atoms with E-state index in [0.717, 1.165) is 136 Å². The first-order valence-electron chi connectivity index (χ1n) is 21.0. The summed E-state index contributed by atoms with van der Waals surface area (Å²) in [4.78, 5) is 29.6. The number of benzene rings is 3. The van der Waals surface area contributed by atoms with Crippen molar-refractivity contribution in [2.24, 2.45) is 28.7 Å². The smallest absolute Gasteiger partial charge is 0.314 e. The van der Waals surface area contributed by atoms with Crippen molar-refractivity contribution in [3.63, 3.8) is 0 Å². The number of hydrogen-bond acceptors (Lipinski definition) is 11. The quantitative estimate of drug-likeness (QED) is 0.0130. The number of ether oxygens (including phenoxy) is 5. The molecule has 0 aromatic heterocycles. The SMILES string of the molecule is C=Nc1ccccc1SCN(CCC)Nc1cc(OCC2CCC(C(=O)Oc3ccc(OCCCCCCOC)cc3)CC2)ccc1OCC1CCC(C=O)CC1. The molecule has 10 nitrogen and oxygen atoms in total. The lowest BCUT2D eigenvalue weighted by Gasteiger charge is -2.28. The van der Waals surface area contributed by atoms with E-state index in [9.17, 15) is 9.59 Å². The number of anilines is 1. The van der Waals surface area contributed by atoms with Crippen molar-refractivity contribution >= 4 is 42.1 Å². The Labute approximate surface area is 344 Å². The Morgan fingerprint density at radius 2 is 1.49 bits per heavy atom. The summed E-state index contributed by atoms with van der Waals surface area (Å²) in [6, 6.07) is 21.4. The van der Waals surface area contributed by atoms with Gasteiger partial charge in [0.05, 0.1) is 43.0 Å². The molecule has 2 saturated carbocycles. The number of hydrogen-bond donors (Lipinski definition) is 1. The van der Waals surface area contributed by atoms with Crippen LogP contribution in [0.3, 0.4) is 0 Å². The van der Waals surface area contributed by atoms with Gasteiger partial charge in [0.15, 0.2) is 0 Å². The van der Waals surface area contributed by atoms with Crippen LogP contribution in [0.15, 0.2) is 76.6 Å². The van der Waals surface area contributed by atoms with E-state index in [0.29, 0.717) is 43.3 Å². The minimum absolute atomic E-state index is 0.118. The van der Waals surface area contributed by atoms with E-state index in [4.69, 9.17) is 23.7 Å². The zero-order valence-corrected chi connectivity index (χ0v) is 34.9. The lowest BCUT2D eigenvalue weighted by molar-refractivity contribution is -0.140. The first-order valence-corrected chi connectivity index (χ1v) is 21.9. The molecular weight excluding hydrogens is 739 g/mol. The molecule has 3 aromatic rings. The molecule has 57 heavy (non-hydrogen) atoms. The first kappa shape index (κ1) is 44.1. The van der Waals surface area contributed by atoms with Crippen molar-refractivity contribution in [2.45, 2.75) is 95.3 Å². The van der Waals surface area contributed by atoms with E-state index < -0.39 is 0 Å². The number of aldehydes is 1. The molecule has 0 amide bonds. The third-order valence-corrected chi connectivity index (χ3v) is 12.0. The predicted molar refractivity (Wildman–Crippen MR) is 229 cm³/mol. The molecule has 0 saturated heterocycles. The highest BCUT2D eigenvalue weighted by molar-refractivity contribution is 7.99. The Morgan fingerprint density at radius 1 is 0.825 bits per heavy atom.